The molecule has 0 spiro atoms. The van der Waals surface area contributed by atoms with Crippen molar-refractivity contribution in [1.29, 1.82) is 0 Å². The number of anilines is 3. The molecule has 0 radical (unpaired) electrons. The Morgan fingerprint density at radius 1 is 0.304 bits per heavy atom. The molecule has 0 saturated carbocycles. The third-order valence-electron chi connectivity index (χ3n) is 11.2. The fraction of sp³-hybridized carbons (Fsp3) is 0. The molecule has 56 heavy (non-hydrogen) atoms. The molecular weight excluding hydrogens is 679 g/mol. The second-order valence-corrected chi connectivity index (χ2v) is 14.5. The zero-order chi connectivity index (χ0) is 37.0. The minimum Gasteiger partial charge on any atom is -0.456 e. The molecule has 2 heteroatoms. The van der Waals surface area contributed by atoms with E-state index in [-0.39, 0.29) is 0 Å². The van der Waals surface area contributed by atoms with Crippen molar-refractivity contribution in [3.63, 3.8) is 0 Å². The summed E-state index contributed by atoms with van der Waals surface area (Å²) in [5, 5.41) is 9.79. The van der Waals surface area contributed by atoms with Gasteiger partial charge in [-0.1, -0.05) is 158 Å². The van der Waals surface area contributed by atoms with E-state index in [1.54, 1.807) is 0 Å². The molecule has 10 aromatic carbocycles. The lowest BCUT2D eigenvalue weighted by Crippen LogP contribution is -2.11. The average molecular weight is 714 g/mol. The van der Waals surface area contributed by atoms with Gasteiger partial charge in [0.2, 0.25) is 0 Å². The normalized spacial score (nSPS) is 11.6. The molecule has 11 rings (SSSR count). The van der Waals surface area contributed by atoms with Crippen molar-refractivity contribution in [3.8, 4) is 33.4 Å². The first-order valence-electron chi connectivity index (χ1n) is 19.2. The van der Waals surface area contributed by atoms with Crippen LogP contribution in [0.4, 0.5) is 17.1 Å². The number of fused-ring (bicyclic) bond motifs is 7. The van der Waals surface area contributed by atoms with Crippen LogP contribution >= 0.6 is 0 Å². The van der Waals surface area contributed by atoms with Gasteiger partial charge in [0.05, 0.1) is 5.69 Å². The van der Waals surface area contributed by atoms with Gasteiger partial charge in [0, 0.05) is 27.7 Å². The highest BCUT2D eigenvalue weighted by atomic mass is 16.3. The maximum atomic E-state index is 6.25. The Kier molecular flexibility index (Phi) is 7.53. The summed E-state index contributed by atoms with van der Waals surface area (Å²) in [6, 6.07) is 76.6. The summed E-state index contributed by atoms with van der Waals surface area (Å²) in [5.41, 5.74) is 12.2. The molecule has 0 atom stereocenters. The quantitative estimate of drug-likeness (QED) is 0.160. The number of hydrogen-bond donors (Lipinski definition) is 0. The van der Waals surface area contributed by atoms with Gasteiger partial charge in [-0.3, -0.25) is 0 Å². The van der Waals surface area contributed by atoms with Gasteiger partial charge in [-0.25, -0.2) is 0 Å². The summed E-state index contributed by atoms with van der Waals surface area (Å²) < 4.78 is 6.25. The first-order chi connectivity index (χ1) is 27.8. The zero-order valence-electron chi connectivity index (χ0n) is 30.6. The highest BCUT2D eigenvalue weighted by Gasteiger charge is 2.19. The second kappa shape index (κ2) is 13.2. The van der Waals surface area contributed by atoms with Crippen LogP contribution in [0.3, 0.4) is 0 Å². The first-order valence-corrected chi connectivity index (χ1v) is 19.2. The third-order valence-corrected chi connectivity index (χ3v) is 11.2. The fourth-order valence-electron chi connectivity index (χ4n) is 8.59. The molecule has 0 aliphatic heterocycles. The summed E-state index contributed by atoms with van der Waals surface area (Å²) in [6.45, 7) is 0. The molecule has 2 nitrogen and oxygen atoms in total. The van der Waals surface area contributed by atoms with Crippen LogP contribution in [0.2, 0.25) is 0 Å². The van der Waals surface area contributed by atoms with Crippen LogP contribution in [-0.4, -0.2) is 0 Å². The summed E-state index contributed by atoms with van der Waals surface area (Å²) in [5.74, 6) is 0. The predicted molar refractivity (Wildman–Crippen MR) is 237 cm³/mol. The summed E-state index contributed by atoms with van der Waals surface area (Å²) >= 11 is 0. The van der Waals surface area contributed by atoms with Crippen LogP contribution in [0.15, 0.2) is 217 Å². The maximum Gasteiger partial charge on any atom is 0.136 e. The van der Waals surface area contributed by atoms with Crippen molar-refractivity contribution in [3.05, 3.63) is 212 Å². The van der Waals surface area contributed by atoms with Gasteiger partial charge >= 0.3 is 0 Å². The topological polar surface area (TPSA) is 16.4 Å². The van der Waals surface area contributed by atoms with Crippen molar-refractivity contribution in [2.75, 3.05) is 4.90 Å². The van der Waals surface area contributed by atoms with Gasteiger partial charge in [0.1, 0.15) is 11.2 Å². The molecule has 0 aliphatic rings. The van der Waals surface area contributed by atoms with E-state index in [1.807, 2.05) is 12.1 Å². The Hall–Kier alpha value is -7.42. The zero-order valence-corrected chi connectivity index (χ0v) is 30.6. The SMILES string of the molecule is c1ccc(N(c2ccc(-c3cc4ccccc4c4ccccc34)cc2)c2ccc(-c3cccc4oc5ccccc5c34)cc2)c(-c2ccc3ccccc3c2)c1. The number of nitrogens with zero attached hydrogens (tertiary/aromatic N) is 1. The van der Waals surface area contributed by atoms with E-state index >= 15 is 0 Å². The highest BCUT2D eigenvalue weighted by molar-refractivity contribution is 6.14. The van der Waals surface area contributed by atoms with E-state index in [0.717, 1.165) is 50.1 Å². The van der Waals surface area contributed by atoms with E-state index in [4.69, 9.17) is 4.42 Å². The number of rotatable bonds is 6. The van der Waals surface area contributed by atoms with Gasteiger partial charge in [-0.05, 0) is 115 Å². The molecule has 0 fully saturated rings. The van der Waals surface area contributed by atoms with Crippen molar-refractivity contribution in [2.24, 2.45) is 0 Å². The minimum absolute atomic E-state index is 0.901. The van der Waals surface area contributed by atoms with Gasteiger partial charge < -0.3 is 9.32 Å². The van der Waals surface area contributed by atoms with Crippen molar-refractivity contribution in [1.82, 2.24) is 0 Å². The van der Waals surface area contributed by atoms with E-state index in [1.165, 1.54) is 54.6 Å². The van der Waals surface area contributed by atoms with Gasteiger partial charge in [-0.15, -0.1) is 0 Å². The monoisotopic (exact) mass is 713 g/mol. The number of benzene rings is 10. The molecule has 0 amide bonds. The van der Waals surface area contributed by atoms with E-state index in [2.05, 4.69) is 205 Å². The van der Waals surface area contributed by atoms with Crippen molar-refractivity contribution >= 4 is 71.3 Å². The van der Waals surface area contributed by atoms with Crippen LogP contribution in [0.25, 0.3) is 87.6 Å². The lowest BCUT2D eigenvalue weighted by atomic mass is 9.93. The summed E-state index contributed by atoms with van der Waals surface area (Å²) in [7, 11) is 0. The van der Waals surface area contributed by atoms with Gasteiger partial charge in [-0.2, -0.15) is 0 Å². The van der Waals surface area contributed by atoms with Crippen LogP contribution in [0.5, 0.6) is 0 Å². The smallest absolute Gasteiger partial charge is 0.136 e. The average Bonchev–Trinajstić information content (AvgIpc) is 3.66. The predicted octanol–water partition coefficient (Wildman–Crippen LogP) is 15.5. The van der Waals surface area contributed by atoms with Crippen LogP contribution in [0.1, 0.15) is 0 Å². The Morgan fingerprint density at radius 2 is 0.857 bits per heavy atom. The Bertz CT molecular complexity index is 3250. The standard InChI is InChI=1S/C54H35NO/c1-2-13-39-34-41(25-24-36(39)12-1)45-16-7-9-21-51(45)55(42-30-26-37(27-31-42)46-20-11-23-53-54(46)49-19-8-10-22-52(49)56-53)43-32-28-38(29-33-43)50-35-40-14-3-4-15-44(40)47-17-5-6-18-48(47)50/h1-35H. The summed E-state index contributed by atoms with van der Waals surface area (Å²) in [6.07, 6.45) is 0. The van der Waals surface area contributed by atoms with E-state index < -0.39 is 0 Å². The third kappa shape index (κ3) is 5.34. The van der Waals surface area contributed by atoms with Gasteiger partial charge in [0.25, 0.3) is 0 Å². The lowest BCUT2D eigenvalue weighted by Gasteiger charge is -2.28. The Labute approximate surface area is 325 Å². The Morgan fingerprint density at radius 3 is 1.64 bits per heavy atom. The molecular formula is C54H35NO. The lowest BCUT2D eigenvalue weighted by molar-refractivity contribution is 0.669. The maximum absolute atomic E-state index is 6.25. The number of para-hydroxylation sites is 2. The highest BCUT2D eigenvalue weighted by Crippen LogP contribution is 2.44. The van der Waals surface area contributed by atoms with Crippen molar-refractivity contribution < 1.29 is 4.42 Å². The molecule has 1 heterocycles. The molecule has 262 valence electrons. The molecule has 11 aromatic rings. The molecule has 0 N–H and O–H groups in total. The first kappa shape index (κ1) is 32.0. The van der Waals surface area contributed by atoms with Gasteiger partial charge in [0.15, 0.2) is 0 Å². The van der Waals surface area contributed by atoms with Crippen LogP contribution in [0, 0.1) is 0 Å². The fourth-order valence-corrected chi connectivity index (χ4v) is 8.59. The molecule has 0 unspecified atom stereocenters. The molecule has 0 saturated heterocycles. The second-order valence-electron chi connectivity index (χ2n) is 14.5. The molecule has 1 aromatic heterocycles. The largest absolute Gasteiger partial charge is 0.456 e. The number of hydrogen-bond acceptors (Lipinski definition) is 2. The molecule has 0 bridgehead atoms. The van der Waals surface area contributed by atoms with Crippen LogP contribution in [-0.2, 0) is 0 Å². The minimum atomic E-state index is 0.901. The Balaban J connectivity index is 1.06. The number of furan rings is 1. The van der Waals surface area contributed by atoms with E-state index in [0.29, 0.717) is 0 Å². The van der Waals surface area contributed by atoms with Crippen molar-refractivity contribution in [2.45, 2.75) is 0 Å². The molecule has 0 aliphatic carbocycles. The summed E-state index contributed by atoms with van der Waals surface area (Å²) in [4.78, 5) is 2.39. The van der Waals surface area contributed by atoms with E-state index in [9.17, 15) is 0 Å². The van der Waals surface area contributed by atoms with Crippen LogP contribution < -0.4 is 4.90 Å².